The largest absolute Gasteiger partial charge is 0.492 e. The number of methoxy groups -OCH3 is 1. The van der Waals surface area contributed by atoms with Crippen molar-refractivity contribution in [3.05, 3.63) is 52.6 Å². The molecule has 0 atom stereocenters. The van der Waals surface area contributed by atoms with Crippen molar-refractivity contribution in [1.82, 2.24) is 10.3 Å². The zero-order chi connectivity index (χ0) is 20.0. The fourth-order valence-corrected chi connectivity index (χ4v) is 2.66. The van der Waals surface area contributed by atoms with Crippen molar-refractivity contribution in [3.63, 3.8) is 0 Å². The molecular weight excluding hydrogens is 355 g/mol. The molecule has 144 valence electrons. The molecule has 1 aromatic carbocycles. The summed E-state index contributed by atoms with van der Waals surface area (Å²) in [5, 5.41) is 2.64. The second-order valence-electron chi connectivity index (χ2n) is 5.86. The average molecular weight is 376 g/mol. The van der Waals surface area contributed by atoms with Crippen LogP contribution in [0.25, 0.3) is 0 Å². The molecule has 0 aliphatic carbocycles. The molecule has 0 fully saturated rings. The summed E-state index contributed by atoms with van der Waals surface area (Å²) in [6, 6.07) is 5.69. The Morgan fingerprint density at radius 1 is 1.26 bits per heavy atom. The van der Waals surface area contributed by atoms with E-state index in [9.17, 15) is 18.8 Å². The lowest BCUT2D eigenvalue weighted by atomic mass is 10.1. The highest BCUT2D eigenvalue weighted by molar-refractivity contribution is 6.01. The summed E-state index contributed by atoms with van der Waals surface area (Å²) in [5.41, 5.74) is 1.22. The molecule has 0 unspecified atom stereocenters. The number of amides is 1. The first-order chi connectivity index (χ1) is 12.8. The van der Waals surface area contributed by atoms with Gasteiger partial charge in [0.15, 0.2) is 5.78 Å². The van der Waals surface area contributed by atoms with Gasteiger partial charge < -0.3 is 19.8 Å². The third kappa shape index (κ3) is 5.16. The number of ether oxygens (including phenoxy) is 2. The second kappa shape index (κ2) is 8.98. The Kier molecular flexibility index (Phi) is 6.70. The van der Waals surface area contributed by atoms with Crippen molar-refractivity contribution < 1.29 is 28.2 Å². The number of H-pyrrole nitrogens is 1. The van der Waals surface area contributed by atoms with Crippen LogP contribution in [0.2, 0.25) is 0 Å². The van der Waals surface area contributed by atoms with E-state index in [2.05, 4.69) is 10.3 Å². The number of rotatable bonds is 8. The maximum Gasteiger partial charge on any atom is 0.339 e. The van der Waals surface area contributed by atoms with Gasteiger partial charge in [0, 0.05) is 18.7 Å². The number of Topliss-reactive ketones (excluding diaryl/α,β-unsaturated/α-hetero) is 1. The number of benzene rings is 1. The summed E-state index contributed by atoms with van der Waals surface area (Å²) in [6.07, 6.45) is -0.126. The van der Waals surface area contributed by atoms with Crippen molar-refractivity contribution in [1.29, 1.82) is 0 Å². The van der Waals surface area contributed by atoms with Crippen LogP contribution < -0.4 is 10.1 Å². The van der Waals surface area contributed by atoms with E-state index in [1.54, 1.807) is 13.0 Å². The van der Waals surface area contributed by atoms with Crippen LogP contribution in [0.4, 0.5) is 4.39 Å². The topological polar surface area (TPSA) is 97.5 Å². The fourth-order valence-electron chi connectivity index (χ4n) is 2.66. The van der Waals surface area contributed by atoms with E-state index in [-0.39, 0.29) is 42.5 Å². The van der Waals surface area contributed by atoms with E-state index >= 15 is 0 Å². The van der Waals surface area contributed by atoms with Crippen LogP contribution in [-0.2, 0) is 16.0 Å². The molecule has 1 amide bonds. The fraction of sp³-hybridized carbons (Fsp3) is 0.316. The normalized spacial score (nSPS) is 10.4. The lowest BCUT2D eigenvalue weighted by Gasteiger charge is -2.08. The second-order valence-corrected chi connectivity index (χ2v) is 5.86. The van der Waals surface area contributed by atoms with Gasteiger partial charge in [0.2, 0.25) is 5.91 Å². The van der Waals surface area contributed by atoms with Crippen molar-refractivity contribution in [2.45, 2.75) is 20.3 Å². The van der Waals surface area contributed by atoms with Gasteiger partial charge in [0.1, 0.15) is 18.2 Å². The first kappa shape index (κ1) is 20.2. The van der Waals surface area contributed by atoms with Crippen molar-refractivity contribution in [2.24, 2.45) is 0 Å². The summed E-state index contributed by atoms with van der Waals surface area (Å²) < 4.78 is 23.1. The zero-order valence-electron chi connectivity index (χ0n) is 15.3. The molecule has 0 bridgehead atoms. The molecule has 1 aromatic heterocycles. The highest BCUT2D eigenvalue weighted by atomic mass is 19.1. The van der Waals surface area contributed by atoms with Gasteiger partial charge in [-0.15, -0.1) is 0 Å². The van der Waals surface area contributed by atoms with Crippen LogP contribution in [0, 0.1) is 12.7 Å². The number of hydrogen-bond acceptors (Lipinski definition) is 5. The smallest absolute Gasteiger partial charge is 0.339 e. The van der Waals surface area contributed by atoms with Gasteiger partial charge in [-0.25, -0.2) is 9.18 Å². The number of aromatic amines is 1. The van der Waals surface area contributed by atoms with E-state index in [1.807, 2.05) is 0 Å². The summed E-state index contributed by atoms with van der Waals surface area (Å²) in [5.74, 6) is -1.26. The number of aromatic nitrogens is 1. The maximum absolute atomic E-state index is 13.1. The minimum absolute atomic E-state index is 0.126. The number of nitrogens with one attached hydrogen (secondary N) is 2. The summed E-state index contributed by atoms with van der Waals surface area (Å²) in [7, 11) is 1.23. The Labute approximate surface area is 155 Å². The minimum Gasteiger partial charge on any atom is -0.492 e. The number of halogens is 1. The first-order valence-corrected chi connectivity index (χ1v) is 8.29. The zero-order valence-corrected chi connectivity index (χ0v) is 15.3. The van der Waals surface area contributed by atoms with Gasteiger partial charge in [-0.2, -0.15) is 0 Å². The lowest BCUT2D eigenvalue weighted by molar-refractivity contribution is -0.120. The van der Waals surface area contributed by atoms with Gasteiger partial charge in [-0.3, -0.25) is 9.59 Å². The molecule has 2 aromatic rings. The summed E-state index contributed by atoms with van der Waals surface area (Å²) in [4.78, 5) is 38.6. The Morgan fingerprint density at radius 2 is 2.00 bits per heavy atom. The van der Waals surface area contributed by atoms with E-state index in [1.165, 1.54) is 32.2 Å². The van der Waals surface area contributed by atoms with Crippen LogP contribution in [0.1, 0.15) is 39.0 Å². The van der Waals surface area contributed by atoms with E-state index in [0.717, 1.165) is 0 Å². The standard InChI is InChI=1S/C19H21FN2O5/c1-11-17(19(25)26-3)15(22-18(11)12(2)23)10-16(24)21-7-8-27-14-6-4-5-13(20)9-14/h4-6,9,22H,7-8,10H2,1-3H3,(H,21,24). The van der Waals surface area contributed by atoms with Crippen LogP contribution in [-0.4, -0.2) is 42.9 Å². The SMILES string of the molecule is COC(=O)c1c(CC(=O)NCCOc2cccc(F)c2)[nH]c(C(C)=O)c1C. The molecule has 0 radical (unpaired) electrons. The van der Waals surface area contributed by atoms with Gasteiger partial charge in [0.25, 0.3) is 0 Å². The Morgan fingerprint density at radius 3 is 2.63 bits per heavy atom. The predicted octanol–water partition coefficient (Wildman–Crippen LogP) is 2.19. The molecule has 0 aliphatic heterocycles. The Hall–Kier alpha value is -3.16. The molecule has 2 rings (SSSR count). The molecule has 1 heterocycles. The monoisotopic (exact) mass is 376 g/mol. The van der Waals surface area contributed by atoms with Crippen molar-refractivity contribution in [3.8, 4) is 5.75 Å². The quantitative estimate of drug-likeness (QED) is 0.418. The summed E-state index contributed by atoms with van der Waals surface area (Å²) in [6.45, 7) is 3.34. The molecule has 7 nitrogen and oxygen atoms in total. The Bertz CT molecular complexity index is 860. The van der Waals surface area contributed by atoms with Gasteiger partial charge in [0.05, 0.1) is 31.3 Å². The van der Waals surface area contributed by atoms with Gasteiger partial charge in [-0.1, -0.05) is 6.07 Å². The van der Waals surface area contributed by atoms with Crippen LogP contribution >= 0.6 is 0 Å². The van der Waals surface area contributed by atoms with Crippen molar-refractivity contribution >= 4 is 17.7 Å². The molecule has 0 saturated carbocycles. The molecule has 2 N–H and O–H groups in total. The molecule has 0 spiro atoms. The molecule has 0 aliphatic rings. The van der Waals surface area contributed by atoms with Crippen LogP contribution in [0.3, 0.4) is 0 Å². The average Bonchev–Trinajstić information content (AvgIpc) is 2.94. The number of hydrogen-bond donors (Lipinski definition) is 2. The third-order valence-electron chi connectivity index (χ3n) is 3.90. The van der Waals surface area contributed by atoms with Crippen molar-refractivity contribution in [2.75, 3.05) is 20.3 Å². The number of esters is 1. The molecule has 27 heavy (non-hydrogen) atoms. The van der Waals surface area contributed by atoms with Gasteiger partial charge in [-0.05, 0) is 24.6 Å². The van der Waals surface area contributed by atoms with Crippen LogP contribution in [0.5, 0.6) is 5.75 Å². The Balaban J connectivity index is 1.96. The minimum atomic E-state index is -0.617. The van der Waals surface area contributed by atoms with Crippen LogP contribution in [0.15, 0.2) is 24.3 Å². The predicted molar refractivity (Wildman–Crippen MR) is 95.5 cm³/mol. The highest BCUT2D eigenvalue weighted by Crippen LogP contribution is 2.20. The third-order valence-corrected chi connectivity index (χ3v) is 3.90. The van der Waals surface area contributed by atoms with Gasteiger partial charge >= 0.3 is 5.97 Å². The van der Waals surface area contributed by atoms with E-state index < -0.39 is 11.8 Å². The number of ketones is 1. The lowest BCUT2D eigenvalue weighted by Crippen LogP contribution is -2.30. The maximum atomic E-state index is 13.1. The highest BCUT2D eigenvalue weighted by Gasteiger charge is 2.24. The molecule has 0 saturated heterocycles. The number of carbonyl (C=O) groups excluding carboxylic acids is 3. The first-order valence-electron chi connectivity index (χ1n) is 8.29. The van der Waals surface area contributed by atoms with E-state index in [0.29, 0.717) is 17.0 Å². The van der Waals surface area contributed by atoms with E-state index in [4.69, 9.17) is 9.47 Å². The molecule has 8 heteroatoms. The summed E-state index contributed by atoms with van der Waals surface area (Å²) >= 11 is 0. The molecular formula is C19H21FN2O5. The number of carbonyl (C=O) groups is 3.